The highest BCUT2D eigenvalue weighted by atomic mass is 32.5. The molecule has 1 aromatic rings. The predicted octanol–water partition coefficient (Wildman–Crippen LogP) is 2.53. The summed E-state index contributed by atoms with van der Waals surface area (Å²) in [5.41, 5.74) is 1.08. The Morgan fingerprint density at radius 2 is 2.17 bits per heavy atom. The van der Waals surface area contributed by atoms with E-state index >= 15 is 0 Å². The number of rotatable bonds is 0. The van der Waals surface area contributed by atoms with Crippen LogP contribution in [-0.2, 0) is 22.9 Å². The molecule has 0 spiro atoms. The molecule has 0 bridgehead atoms. The molecule has 12 heavy (non-hydrogen) atoms. The van der Waals surface area contributed by atoms with Gasteiger partial charge in [0.05, 0.1) is 6.61 Å². The first-order valence-electron chi connectivity index (χ1n) is 3.67. The van der Waals surface area contributed by atoms with Gasteiger partial charge < -0.3 is 9.05 Å². The number of hydrogen-bond acceptors (Lipinski definition) is 3. The molecule has 0 amide bonds. The number of hydrogen-bond donors (Lipinski definition) is 0. The molecule has 1 unspecified atom stereocenters. The van der Waals surface area contributed by atoms with E-state index in [1.165, 1.54) is 0 Å². The summed E-state index contributed by atoms with van der Waals surface area (Å²) in [6.45, 7) is 0.447. The van der Waals surface area contributed by atoms with Crippen LogP contribution in [0.4, 0.5) is 0 Å². The molecule has 4 heteroatoms. The molecule has 1 aromatic carbocycles. The van der Waals surface area contributed by atoms with E-state index in [-0.39, 0.29) is 0 Å². The molecule has 64 valence electrons. The highest BCUT2D eigenvalue weighted by molar-refractivity contribution is 8.09. The lowest BCUT2D eigenvalue weighted by atomic mass is 10.2. The van der Waals surface area contributed by atoms with E-state index in [9.17, 15) is 0 Å². The number of para-hydroxylation sites is 1. The fourth-order valence-electron chi connectivity index (χ4n) is 1.10. The molecule has 0 aromatic heterocycles. The van der Waals surface area contributed by atoms with Gasteiger partial charge in [0.2, 0.25) is 6.49 Å². The lowest BCUT2D eigenvalue weighted by Crippen LogP contribution is -2.05. The van der Waals surface area contributed by atoms with Crippen LogP contribution in [0.3, 0.4) is 0 Å². The van der Waals surface area contributed by atoms with Crippen LogP contribution in [0.15, 0.2) is 24.3 Å². The average molecular weight is 200 g/mol. The van der Waals surface area contributed by atoms with E-state index in [1.54, 1.807) is 0 Å². The first kappa shape index (κ1) is 8.24. The summed E-state index contributed by atoms with van der Waals surface area (Å²) in [4.78, 5) is 0. The minimum absolute atomic E-state index is 0.587. The topological polar surface area (TPSA) is 18.5 Å². The molecule has 0 saturated heterocycles. The Morgan fingerprint density at radius 1 is 1.42 bits per heavy atom. The first-order chi connectivity index (χ1) is 5.67. The minimum atomic E-state index is -1.99. The van der Waals surface area contributed by atoms with Crippen molar-refractivity contribution >= 4 is 18.3 Å². The smallest absolute Gasteiger partial charge is 0.235 e. The van der Waals surface area contributed by atoms with Gasteiger partial charge in [0.15, 0.2) is 0 Å². The fraction of sp³-hybridized carbons (Fsp3) is 0.250. The summed E-state index contributed by atoms with van der Waals surface area (Å²) in [7, 11) is 0. The van der Waals surface area contributed by atoms with Crippen LogP contribution in [0, 0.1) is 0 Å². The third-order valence-corrected chi connectivity index (χ3v) is 3.36. The molecular weight excluding hydrogens is 191 g/mol. The van der Waals surface area contributed by atoms with E-state index < -0.39 is 6.49 Å². The zero-order valence-corrected chi connectivity index (χ0v) is 8.40. The van der Waals surface area contributed by atoms with Gasteiger partial charge in [-0.1, -0.05) is 18.2 Å². The van der Waals surface area contributed by atoms with Gasteiger partial charge in [0.1, 0.15) is 5.75 Å². The van der Waals surface area contributed by atoms with Gasteiger partial charge in [-0.25, -0.2) is 0 Å². The van der Waals surface area contributed by atoms with E-state index in [1.807, 2.05) is 30.9 Å². The fourth-order valence-corrected chi connectivity index (χ4v) is 2.46. The Balaban J connectivity index is 2.42. The van der Waals surface area contributed by atoms with Gasteiger partial charge >= 0.3 is 0 Å². The van der Waals surface area contributed by atoms with Crippen molar-refractivity contribution in [3.8, 4) is 5.75 Å². The monoisotopic (exact) mass is 200 g/mol. The van der Waals surface area contributed by atoms with Crippen LogP contribution in [0.2, 0.25) is 0 Å². The van der Waals surface area contributed by atoms with E-state index in [0.717, 1.165) is 11.3 Å². The lowest BCUT2D eigenvalue weighted by Gasteiger charge is -2.25. The Kier molecular flexibility index (Phi) is 1.95. The van der Waals surface area contributed by atoms with Crippen molar-refractivity contribution in [1.82, 2.24) is 0 Å². The van der Waals surface area contributed by atoms with Crippen molar-refractivity contribution in [2.24, 2.45) is 0 Å². The second-order valence-electron chi connectivity index (χ2n) is 2.74. The number of fused-ring (bicyclic) bond motifs is 1. The molecule has 0 radical (unpaired) electrons. The molecule has 1 aliphatic heterocycles. The average Bonchev–Trinajstić information content (AvgIpc) is 2.02. The summed E-state index contributed by atoms with van der Waals surface area (Å²) in [6.07, 6.45) is 0. The predicted molar refractivity (Wildman–Crippen MR) is 52.1 cm³/mol. The second-order valence-corrected chi connectivity index (χ2v) is 6.72. The quantitative estimate of drug-likeness (QED) is 0.599. The van der Waals surface area contributed by atoms with Crippen molar-refractivity contribution in [2.75, 3.05) is 6.66 Å². The van der Waals surface area contributed by atoms with Gasteiger partial charge in [-0.3, -0.25) is 0 Å². The Hall–Kier alpha value is -0.370. The van der Waals surface area contributed by atoms with Crippen LogP contribution >= 0.6 is 6.49 Å². The summed E-state index contributed by atoms with van der Waals surface area (Å²) in [6, 6.07) is 7.84. The maximum atomic E-state index is 5.52. The van der Waals surface area contributed by atoms with Crippen molar-refractivity contribution in [1.29, 1.82) is 0 Å². The molecule has 1 heterocycles. The zero-order valence-electron chi connectivity index (χ0n) is 6.69. The van der Waals surface area contributed by atoms with E-state index in [2.05, 4.69) is 0 Å². The van der Waals surface area contributed by atoms with Crippen LogP contribution < -0.4 is 4.52 Å². The zero-order chi connectivity index (χ0) is 8.60. The molecule has 2 rings (SSSR count). The minimum Gasteiger partial charge on any atom is -0.443 e. The molecule has 2 nitrogen and oxygen atoms in total. The second kappa shape index (κ2) is 2.84. The Labute approximate surface area is 76.7 Å². The van der Waals surface area contributed by atoms with E-state index in [0.29, 0.717) is 6.61 Å². The molecule has 0 fully saturated rings. The Morgan fingerprint density at radius 3 is 3.00 bits per heavy atom. The first-order valence-corrected chi connectivity index (χ1v) is 6.75. The molecular formula is C8H9O2PS. The van der Waals surface area contributed by atoms with Crippen LogP contribution in [0.25, 0.3) is 0 Å². The molecule has 0 saturated carbocycles. The lowest BCUT2D eigenvalue weighted by molar-refractivity contribution is 0.279. The highest BCUT2D eigenvalue weighted by Crippen LogP contribution is 2.50. The highest BCUT2D eigenvalue weighted by Gasteiger charge is 2.21. The largest absolute Gasteiger partial charge is 0.443 e. The van der Waals surface area contributed by atoms with Crippen molar-refractivity contribution < 1.29 is 9.05 Å². The molecule has 0 N–H and O–H groups in total. The van der Waals surface area contributed by atoms with Gasteiger partial charge in [0.25, 0.3) is 0 Å². The van der Waals surface area contributed by atoms with Gasteiger partial charge in [0, 0.05) is 12.2 Å². The van der Waals surface area contributed by atoms with Gasteiger partial charge in [-0.2, -0.15) is 0 Å². The summed E-state index contributed by atoms with van der Waals surface area (Å²) < 4.78 is 10.9. The summed E-state index contributed by atoms with van der Waals surface area (Å²) in [5.74, 6) is 0.884. The molecule has 1 atom stereocenters. The van der Waals surface area contributed by atoms with Crippen LogP contribution in [-0.4, -0.2) is 6.66 Å². The van der Waals surface area contributed by atoms with Crippen molar-refractivity contribution in [3.05, 3.63) is 29.8 Å². The van der Waals surface area contributed by atoms with Crippen LogP contribution in [0.5, 0.6) is 5.75 Å². The normalized spacial score (nSPS) is 27.4. The van der Waals surface area contributed by atoms with Gasteiger partial charge in [-0.15, -0.1) is 0 Å². The molecule has 1 aliphatic rings. The van der Waals surface area contributed by atoms with E-state index in [4.69, 9.17) is 20.9 Å². The summed E-state index contributed by atoms with van der Waals surface area (Å²) in [5, 5.41) is 0. The SMILES string of the molecule is CP1(=S)OCc2ccccc2O1. The standard InChI is InChI=1S/C8H9O2PS/c1-11(12)9-6-7-4-2-3-5-8(7)10-11/h2-5H,6H2,1H3. The third-order valence-electron chi connectivity index (χ3n) is 1.69. The van der Waals surface area contributed by atoms with Gasteiger partial charge in [-0.05, 0) is 17.9 Å². The summed E-state index contributed by atoms with van der Waals surface area (Å²) >= 11 is 5.14. The molecule has 0 aliphatic carbocycles. The number of benzene rings is 1. The third kappa shape index (κ3) is 1.53. The van der Waals surface area contributed by atoms with Crippen molar-refractivity contribution in [3.63, 3.8) is 0 Å². The maximum Gasteiger partial charge on any atom is 0.235 e. The maximum absolute atomic E-state index is 5.52. The van der Waals surface area contributed by atoms with Crippen LogP contribution in [0.1, 0.15) is 5.56 Å². The van der Waals surface area contributed by atoms with Crippen molar-refractivity contribution in [2.45, 2.75) is 6.61 Å². The Bertz CT molecular complexity index is 351.